The van der Waals surface area contributed by atoms with Crippen LogP contribution in [-0.4, -0.2) is 23.7 Å². The minimum Gasteiger partial charge on any atom is -0.478 e. The molecule has 0 spiro atoms. The number of aliphatic carboxylic acids is 1. The molecule has 0 fully saturated rings. The van der Waals surface area contributed by atoms with Crippen LogP contribution in [0.25, 0.3) is 0 Å². The molecule has 0 saturated heterocycles. The van der Waals surface area contributed by atoms with E-state index in [9.17, 15) is 9.59 Å². The minimum absolute atomic E-state index is 0.176. The van der Waals surface area contributed by atoms with Crippen LogP contribution in [0.4, 0.5) is 0 Å². The number of ether oxygens (including phenoxy) is 1. The van der Waals surface area contributed by atoms with Gasteiger partial charge in [0.1, 0.15) is 0 Å². The molecule has 0 bridgehead atoms. The quantitative estimate of drug-likeness (QED) is 0.395. The van der Waals surface area contributed by atoms with Gasteiger partial charge >= 0.3 is 11.9 Å². The van der Waals surface area contributed by atoms with E-state index in [-0.39, 0.29) is 12.2 Å². The number of carbonyl (C=O) groups excluding carboxylic acids is 1. The molecule has 0 atom stereocenters. The first kappa shape index (κ1) is 11.4. The molecule has 0 radical (unpaired) electrons. The standard InChI is InChI=1S/C9H12O4/c1-3-8(10)13-6-4-5-7(2)9(11)12/h3,5H,1,4,6H2,2H3,(H,11,12)/b7-5+. The fraction of sp³-hybridized carbons (Fsp3) is 0.333. The predicted molar refractivity (Wildman–Crippen MR) is 47.2 cm³/mol. The van der Waals surface area contributed by atoms with Gasteiger partial charge in [0, 0.05) is 18.1 Å². The summed E-state index contributed by atoms with van der Waals surface area (Å²) < 4.78 is 4.63. The molecular weight excluding hydrogens is 172 g/mol. The Labute approximate surface area is 76.5 Å². The maximum absolute atomic E-state index is 10.5. The van der Waals surface area contributed by atoms with E-state index in [1.54, 1.807) is 0 Å². The second-order valence-corrected chi connectivity index (χ2v) is 2.35. The third-order valence-electron chi connectivity index (χ3n) is 1.32. The summed E-state index contributed by atoms with van der Waals surface area (Å²) >= 11 is 0. The van der Waals surface area contributed by atoms with Crippen molar-refractivity contribution in [3.8, 4) is 0 Å². The highest BCUT2D eigenvalue weighted by Crippen LogP contribution is 1.95. The molecule has 0 unspecified atom stereocenters. The Morgan fingerprint density at radius 3 is 2.62 bits per heavy atom. The molecule has 4 nitrogen and oxygen atoms in total. The normalized spacial score (nSPS) is 10.7. The van der Waals surface area contributed by atoms with Crippen molar-refractivity contribution in [2.24, 2.45) is 0 Å². The van der Waals surface area contributed by atoms with Crippen molar-refractivity contribution in [1.29, 1.82) is 0 Å². The van der Waals surface area contributed by atoms with Gasteiger partial charge in [-0.2, -0.15) is 0 Å². The molecule has 13 heavy (non-hydrogen) atoms. The highest BCUT2D eigenvalue weighted by atomic mass is 16.5. The number of carbonyl (C=O) groups is 2. The Bertz CT molecular complexity index is 240. The van der Waals surface area contributed by atoms with Gasteiger partial charge in [-0.15, -0.1) is 0 Å². The summed E-state index contributed by atoms with van der Waals surface area (Å²) in [6, 6.07) is 0. The van der Waals surface area contributed by atoms with Crippen LogP contribution in [0.3, 0.4) is 0 Å². The Morgan fingerprint density at radius 2 is 2.15 bits per heavy atom. The minimum atomic E-state index is -0.963. The Hall–Kier alpha value is -1.58. The molecule has 0 heterocycles. The fourth-order valence-electron chi connectivity index (χ4n) is 0.581. The van der Waals surface area contributed by atoms with E-state index in [0.29, 0.717) is 6.42 Å². The van der Waals surface area contributed by atoms with Gasteiger partial charge < -0.3 is 9.84 Å². The lowest BCUT2D eigenvalue weighted by Gasteiger charge is -1.98. The van der Waals surface area contributed by atoms with Crippen LogP contribution < -0.4 is 0 Å². The molecule has 0 aliphatic carbocycles. The van der Waals surface area contributed by atoms with Crippen LogP contribution in [0.1, 0.15) is 13.3 Å². The van der Waals surface area contributed by atoms with Crippen molar-refractivity contribution in [2.45, 2.75) is 13.3 Å². The van der Waals surface area contributed by atoms with Crippen LogP contribution in [0.2, 0.25) is 0 Å². The van der Waals surface area contributed by atoms with E-state index in [4.69, 9.17) is 5.11 Å². The molecule has 0 aromatic heterocycles. The third kappa shape index (κ3) is 5.66. The van der Waals surface area contributed by atoms with E-state index in [1.165, 1.54) is 13.0 Å². The van der Waals surface area contributed by atoms with Crippen LogP contribution in [0.15, 0.2) is 24.3 Å². The summed E-state index contributed by atoms with van der Waals surface area (Å²) in [5.74, 6) is -1.46. The number of carboxylic acids is 1. The zero-order chi connectivity index (χ0) is 10.3. The largest absolute Gasteiger partial charge is 0.478 e. The van der Waals surface area contributed by atoms with Gasteiger partial charge in [0.25, 0.3) is 0 Å². The van der Waals surface area contributed by atoms with Crippen molar-refractivity contribution in [1.82, 2.24) is 0 Å². The molecule has 0 aliphatic rings. The highest BCUT2D eigenvalue weighted by Gasteiger charge is 1.98. The van der Waals surface area contributed by atoms with Gasteiger partial charge in [0.15, 0.2) is 0 Å². The average Bonchev–Trinajstić information content (AvgIpc) is 2.11. The molecule has 0 amide bonds. The van der Waals surface area contributed by atoms with E-state index >= 15 is 0 Å². The molecule has 72 valence electrons. The van der Waals surface area contributed by atoms with Crippen LogP contribution >= 0.6 is 0 Å². The summed E-state index contributed by atoms with van der Waals surface area (Å²) in [4.78, 5) is 20.8. The Kier molecular flexibility index (Phi) is 5.27. The lowest BCUT2D eigenvalue weighted by molar-refractivity contribution is -0.137. The van der Waals surface area contributed by atoms with Crippen LogP contribution in [-0.2, 0) is 14.3 Å². The van der Waals surface area contributed by atoms with Crippen molar-refractivity contribution in [3.05, 3.63) is 24.3 Å². The maximum Gasteiger partial charge on any atom is 0.330 e. The molecular formula is C9H12O4. The third-order valence-corrected chi connectivity index (χ3v) is 1.32. The monoisotopic (exact) mass is 184 g/mol. The lowest BCUT2D eigenvalue weighted by Crippen LogP contribution is -2.02. The molecule has 0 aromatic rings. The Morgan fingerprint density at radius 1 is 1.54 bits per heavy atom. The maximum atomic E-state index is 10.5. The van der Waals surface area contributed by atoms with Gasteiger partial charge in [-0.1, -0.05) is 12.7 Å². The summed E-state index contributed by atoms with van der Waals surface area (Å²) in [6.45, 7) is 4.88. The predicted octanol–water partition coefficient (Wildman–Crippen LogP) is 1.14. The van der Waals surface area contributed by atoms with E-state index < -0.39 is 11.9 Å². The topological polar surface area (TPSA) is 63.6 Å². The van der Waals surface area contributed by atoms with Crippen molar-refractivity contribution < 1.29 is 19.4 Å². The zero-order valence-electron chi connectivity index (χ0n) is 7.45. The van der Waals surface area contributed by atoms with E-state index in [2.05, 4.69) is 11.3 Å². The SMILES string of the molecule is C=CC(=O)OCC/C=C(\C)C(=O)O. The van der Waals surface area contributed by atoms with Crippen LogP contribution in [0, 0.1) is 0 Å². The first-order valence-electron chi connectivity index (χ1n) is 3.77. The fourth-order valence-corrected chi connectivity index (χ4v) is 0.581. The van der Waals surface area contributed by atoms with Gasteiger partial charge in [-0.25, -0.2) is 9.59 Å². The summed E-state index contributed by atoms with van der Waals surface area (Å²) in [5.41, 5.74) is 0.245. The second kappa shape index (κ2) is 5.99. The first-order chi connectivity index (χ1) is 6.07. The van der Waals surface area contributed by atoms with Crippen molar-refractivity contribution in [2.75, 3.05) is 6.61 Å². The Balaban J connectivity index is 3.67. The van der Waals surface area contributed by atoms with Gasteiger partial charge in [0.2, 0.25) is 0 Å². The van der Waals surface area contributed by atoms with Crippen molar-refractivity contribution >= 4 is 11.9 Å². The molecule has 4 heteroatoms. The molecule has 0 aliphatic heterocycles. The molecule has 0 saturated carbocycles. The van der Waals surface area contributed by atoms with E-state index in [1.807, 2.05) is 0 Å². The van der Waals surface area contributed by atoms with Gasteiger partial charge in [0.05, 0.1) is 6.61 Å². The zero-order valence-corrected chi connectivity index (χ0v) is 7.45. The molecule has 1 N–H and O–H groups in total. The van der Waals surface area contributed by atoms with Gasteiger partial charge in [-0.05, 0) is 6.92 Å². The highest BCUT2D eigenvalue weighted by molar-refractivity contribution is 5.85. The average molecular weight is 184 g/mol. The van der Waals surface area contributed by atoms with Gasteiger partial charge in [-0.3, -0.25) is 0 Å². The number of hydrogen-bond acceptors (Lipinski definition) is 3. The molecule has 0 aromatic carbocycles. The summed E-state index contributed by atoms with van der Waals surface area (Å²) in [6.07, 6.45) is 2.96. The number of hydrogen-bond donors (Lipinski definition) is 1. The lowest BCUT2D eigenvalue weighted by atomic mass is 10.2. The van der Waals surface area contributed by atoms with Crippen molar-refractivity contribution in [3.63, 3.8) is 0 Å². The second-order valence-electron chi connectivity index (χ2n) is 2.35. The number of rotatable bonds is 5. The molecule has 0 rings (SSSR count). The first-order valence-corrected chi connectivity index (χ1v) is 3.77. The smallest absolute Gasteiger partial charge is 0.330 e. The summed E-state index contributed by atoms with van der Waals surface area (Å²) in [5, 5.41) is 8.44. The van der Waals surface area contributed by atoms with Crippen LogP contribution in [0.5, 0.6) is 0 Å². The summed E-state index contributed by atoms with van der Waals surface area (Å²) in [7, 11) is 0. The number of esters is 1. The number of carboxylic acid groups (broad SMARTS) is 1. The van der Waals surface area contributed by atoms with E-state index in [0.717, 1.165) is 6.08 Å².